The molecule has 2 aromatic carbocycles. The number of carbonyl (C=O) groups is 2. The number of hydrogen-bond donors (Lipinski definition) is 1. The molecule has 1 atom stereocenters. The summed E-state index contributed by atoms with van der Waals surface area (Å²) in [5.41, 5.74) is 0.254. The van der Waals surface area contributed by atoms with Gasteiger partial charge in [0.25, 0.3) is 5.91 Å². The van der Waals surface area contributed by atoms with Gasteiger partial charge in [0.15, 0.2) is 26.5 Å². The molecule has 0 bridgehead atoms. The third-order valence-electron chi connectivity index (χ3n) is 5.21. The van der Waals surface area contributed by atoms with Gasteiger partial charge in [-0.2, -0.15) is 0 Å². The quantitative estimate of drug-likeness (QED) is 0.260. The number of ether oxygens (including phenoxy) is 2. The summed E-state index contributed by atoms with van der Waals surface area (Å²) >= 11 is 2.25. The minimum Gasteiger partial charge on any atom is -0.473 e. The molecule has 1 amide bonds. The van der Waals surface area contributed by atoms with E-state index in [1.54, 1.807) is 12.3 Å². The summed E-state index contributed by atoms with van der Waals surface area (Å²) in [5.74, 6) is -3.22. The van der Waals surface area contributed by atoms with Gasteiger partial charge in [-0.25, -0.2) is 22.2 Å². The van der Waals surface area contributed by atoms with Crippen molar-refractivity contribution in [2.75, 3.05) is 17.7 Å². The van der Waals surface area contributed by atoms with Crippen molar-refractivity contribution in [1.29, 1.82) is 0 Å². The van der Waals surface area contributed by atoms with E-state index in [2.05, 4.69) is 10.3 Å². The molecular formula is C24H22F2N2O6S3. The fraction of sp³-hybridized carbons (Fsp3) is 0.292. The molecular weight excluding hydrogens is 546 g/mol. The topological polar surface area (TPSA) is 112 Å². The number of amides is 1. The number of rotatable bonds is 11. The standard InChI is InChI=1S/C24H22F2N2O6S3/c1-2-33-21(29)13-35-20-12-36-24(27-20)28-23(30)22(34-19-10-5-15(25)11-18(19)26)14-3-6-16(7-4-14)37(31,32)17-8-9-17/h3-7,10-12,17,22H,2,8-9,13H2,1H3,(H,27,28,30). The van der Waals surface area contributed by atoms with Crippen LogP contribution in [0.25, 0.3) is 0 Å². The summed E-state index contributed by atoms with van der Waals surface area (Å²) in [6, 6.07) is 8.27. The predicted molar refractivity (Wildman–Crippen MR) is 134 cm³/mol. The molecule has 1 aliphatic rings. The Balaban J connectivity index is 1.54. The number of thioether (sulfide) groups is 1. The fourth-order valence-electron chi connectivity index (χ4n) is 3.26. The molecule has 37 heavy (non-hydrogen) atoms. The van der Waals surface area contributed by atoms with Crippen LogP contribution in [0.15, 0.2) is 57.8 Å². The summed E-state index contributed by atoms with van der Waals surface area (Å²) in [4.78, 5) is 29.1. The van der Waals surface area contributed by atoms with Gasteiger partial charge >= 0.3 is 5.97 Å². The molecule has 4 rings (SSSR count). The smallest absolute Gasteiger partial charge is 0.316 e. The number of thiazole rings is 1. The van der Waals surface area contributed by atoms with Crippen molar-refractivity contribution in [1.82, 2.24) is 4.98 Å². The first-order chi connectivity index (χ1) is 17.7. The van der Waals surface area contributed by atoms with E-state index in [1.807, 2.05) is 0 Å². The second-order valence-corrected chi connectivity index (χ2v) is 12.0. The van der Waals surface area contributed by atoms with Crippen LogP contribution >= 0.6 is 23.1 Å². The van der Waals surface area contributed by atoms with Crippen molar-refractivity contribution < 1.29 is 36.3 Å². The number of carbonyl (C=O) groups excluding carboxylic acids is 2. The van der Waals surface area contributed by atoms with Crippen LogP contribution in [-0.2, 0) is 24.2 Å². The van der Waals surface area contributed by atoms with Crippen LogP contribution in [0.1, 0.15) is 31.4 Å². The Morgan fingerprint density at radius 2 is 1.92 bits per heavy atom. The van der Waals surface area contributed by atoms with E-state index in [-0.39, 0.29) is 33.7 Å². The second-order valence-electron chi connectivity index (χ2n) is 7.96. The Morgan fingerprint density at radius 3 is 2.57 bits per heavy atom. The van der Waals surface area contributed by atoms with E-state index in [0.717, 1.165) is 35.2 Å². The number of anilines is 1. The molecule has 196 valence electrons. The Kier molecular flexibility index (Phi) is 8.45. The first-order valence-electron chi connectivity index (χ1n) is 11.2. The summed E-state index contributed by atoms with van der Waals surface area (Å²) in [6.45, 7) is 1.97. The van der Waals surface area contributed by atoms with Crippen LogP contribution in [0.3, 0.4) is 0 Å². The molecule has 3 aromatic rings. The summed E-state index contributed by atoms with van der Waals surface area (Å²) in [5, 5.41) is 4.54. The van der Waals surface area contributed by atoms with E-state index in [9.17, 15) is 26.8 Å². The van der Waals surface area contributed by atoms with Gasteiger partial charge in [0.05, 0.1) is 22.5 Å². The Hall–Kier alpha value is -3.03. The SMILES string of the molecule is CCOC(=O)CSc1csc(NC(=O)C(Oc2ccc(F)cc2F)c2ccc(S(=O)(=O)C3CC3)cc2)n1. The van der Waals surface area contributed by atoms with Gasteiger partial charge < -0.3 is 9.47 Å². The third-order valence-corrected chi connectivity index (χ3v) is 9.28. The van der Waals surface area contributed by atoms with Crippen LogP contribution in [0.5, 0.6) is 5.75 Å². The van der Waals surface area contributed by atoms with Crippen LogP contribution in [0.4, 0.5) is 13.9 Å². The normalized spacial score (nSPS) is 14.1. The summed E-state index contributed by atoms with van der Waals surface area (Å²) < 4.78 is 63.2. The van der Waals surface area contributed by atoms with Crippen molar-refractivity contribution in [2.24, 2.45) is 0 Å². The molecule has 8 nitrogen and oxygen atoms in total. The highest BCUT2D eigenvalue weighted by atomic mass is 32.2. The lowest BCUT2D eigenvalue weighted by Crippen LogP contribution is -2.26. The monoisotopic (exact) mass is 568 g/mol. The molecule has 0 saturated heterocycles. The molecule has 0 radical (unpaired) electrons. The van der Waals surface area contributed by atoms with Gasteiger partial charge in [0.2, 0.25) is 6.10 Å². The predicted octanol–water partition coefficient (Wildman–Crippen LogP) is 4.77. The highest BCUT2D eigenvalue weighted by molar-refractivity contribution is 8.00. The number of halogens is 2. The minimum atomic E-state index is -3.45. The second kappa shape index (κ2) is 11.6. The van der Waals surface area contributed by atoms with E-state index in [1.165, 1.54) is 24.3 Å². The van der Waals surface area contributed by atoms with Crippen LogP contribution < -0.4 is 10.1 Å². The first kappa shape index (κ1) is 27.0. The molecule has 0 aliphatic heterocycles. The van der Waals surface area contributed by atoms with E-state index < -0.39 is 44.7 Å². The zero-order chi connectivity index (χ0) is 26.6. The highest BCUT2D eigenvalue weighted by Crippen LogP contribution is 2.34. The van der Waals surface area contributed by atoms with Gasteiger partial charge in [0.1, 0.15) is 10.8 Å². The molecule has 1 fully saturated rings. The van der Waals surface area contributed by atoms with Crippen LogP contribution in [-0.4, -0.2) is 42.9 Å². The lowest BCUT2D eigenvalue weighted by Gasteiger charge is -2.19. The maximum absolute atomic E-state index is 14.3. The van der Waals surface area contributed by atoms with Crippen LogP contribution in [0, 0.1) is 11.6 Å². The Morgan fingerprint density at radius 1 is 1.19 bits per heavy atom. The van der Waals surface area contributed by atoms with Gasteiger partial charge in [0, 0.05) is 17.0 Å². The van der Waals surface area contributed by atoms with E-state index >= 15 is 0 Å². The third kappa shape index (κ3) is 6.84. The Labute approximate surface area is 220 Å². The van der Waals surface area contributed by atoms with Gasteiger partial charge in [-0.1, -0.05) is 23.9 Å². The molecule has 1 aromatic heterocycles. The molecule has 1 N–H and O–H groups in total. The number of nitrogens with zero attached hydrogens (tertiary/aromatic N) is 1. The van der Waals surface area contributed by atoms with Crippen molar-refractivity contribution in [3.8, 4) is 5.75 Å². The fourth-order valence-corrected chi connectivity index (χ4v) is 6.47. The highest BCUT2D eigenvalue weighted by Gasteiger charge is 2.37. The number of esters is 1. The van der Waals surface area contributed by atoms with Crippen molar-refractivity contribution >= 4 is 49.9 Å². The zero-order valence-electron chi connectivity index (χ0n) is 19.5. The minimum absolute atomic E-state index is 0.0522. The van der Waals surface area contributed by atoms with Gasteiger partial charge in [-0.15, -0.1) is 11.3 Å². The zero-order valence-corrected chi connectivity index (χ0v) is 21.9. The average molecular weight is 569 g/mol. The average Bonchev–Trinajstić information content (AvgIpc) is 3.64. The molecule has 0 spiro atoms. The number of benzene rings is 2. The summed E-state index contributed by atoms with van der Waals surface area (Å²) in [6.07, 6.45) is -0.191. The first-order valence-corrected chi connectivity index (χ1v) is 14.6. The van der Waals surface area contributed by atoms with E-state index in [4.69, 9.17) is 9.47 Å². The lowest BCUT2D eigenvalue weighted by atomic mass is 10.1. The van der Waals surface area contributed by atoms with Gasteiger partial charge in [-0.3, -0.25) is 14.9 Å². The maximum atomic E-state index is 14.3. The maximum Gasteiger partial charge on any atom is 0.316 e. The van der Waals surface area contributed by atoms with E-state index in [0.29, 0.717) is 23.9 Å². The summed E-state index contributed by atoms with van der Waals surface area (Å²) in [7, 11) is -3.45. The largest absolute Gasteiger partial charge is 0.473 e. The van der Waals surface area contributed by atoms with Crippen molar-refractivity contribution in [2.45, 2.75) is 41.0 Å². The molecule has 1 unspecified atom stereocenters. The number of sulfone groups is 1. The lowest BCUT2D eigenvalue weighted by molar-refractivity contribution is -0.139. The van der Waals surface area contributed by atoms with Crippen LogP contribution in [0.2, 0.25) is 0 Å². The number of nitrogens with one attached hydrogen (secondary N) is 1. The van der Waals surface area contributed by atoms with Crippen molar-refractivity contribution in [3.63, 3.8) is 0 Å². The Bertz CT molecular complexity index is 1390. The molecule has 1 saturated carbocycles. The molecule has 1 heterocycles. The number of hydrogen-bond acceptors (Lipinski definition) is 9. The molecule has 1 aliphatic carbocycles. The van der Waals surface area contributed by atoms with Gasteiger partial charge in [-0.05, 0) is 44.0 Å². The van der Waals surface area contributed by atoms with Crippen molar-refractivity contribution in [3.05, 3.63) is 65.0 Å². The molecule has 13 heteroatoms. The number of aromatic nitrogens is 1.